The van der Waals surface area contributed by atoms with Crippen LogP contribution < -0.4 is 23.8 Å². The van der Waals surface area contributed by atoms with E-state index < -0.39 is 28.1 Å². The molecule has 184 valence electrons. The lowest BCUT2D eigenvalue weighted by atomic mass is 10.1. The van der Waals surface area contributed by atoms with Crippen molar-refractivity contribution < 1.29 is 27.4 Å². The molecule has 3 aromatic rings. The number of halogens is 1. The zero-order valence-corrected chi connectivity index (χ0v) is 21.0. The van der Waals surface area contributed by atoms with Gasteiger partial charge in [0.25, 0.3) is 15.9 Å². The predicted molar refractivity (Wildman–Crippen MR) is 133 cm³/mol. The van der Waals surface area contributed by atoms with E-state index in [9.17, 15) is 13.2 Å². The Morgan fingerprint density at radius 3 is 2.49 bits per heavy atom. The van der Waals surface area contributed by atoms with Crippen LogP contribution in [0.4, 0.5) is 5.69 Å². The fourth-order valence-corrected chi connectivity index (χ4v) is 5.51. The van der Waals surface area contributed by atoms with Gasteiger partial charge < -0.3 is 19.5 Å². The maximum absolute atomic E-state index is 13.6. The van der Waals surface area contributed by atoms with Crippen LogP contribution in [-0.4, -0.2) is 41.2 Å². The molecule has 10 heteroatoms. The zero-order valence-electron chi connectivity index (χ0n) is 19.4. The number of nitrogens with zero attached hydrogens (tertiary/aromatic N) is 1. The van der Waals surface area contributed by atoms with Crippen molar-refractivity contribution in [1.29, 1.82) is 0 Å². The number of amides is 1. The van der Waals surface area contributed by atoms with Crippen LogP contribution in [0.15, 0.2) is 71.6 Å². The van der Waals surface area contributed by atoms with Gasteiger partial charge in [0.2, 0.25) is 0 Å². The minimum Gasteiger partial charge on any atom is -0.497 e. The van der Waals surface area contributed by atoms with Crippen molar-refractivity contribution >= 4 is 33.2 Å². The fourth-order valence-electron chi connectivity index (χ4n) is 3.87. The summed E-state index contributed by atoms with van der Waals surface area (Å²) >= 11 is 6.16. The van der Waals surface area contributed by atoms with Crippen LogP contribution in [0.1, 0.15) is 18.5 Å². The van der Waals surface area contributed by atoms with E-state index in [0.717, 1.165) is 9.87 Å². The Morgan fingerprint density at radius 1 is 1.09 bits per heavy atom. The first-order chi connectivity index (χ1) is 16.7. The summed E-state index contributed by atoms with van der Waals surface area (Å²) in [7, 11) is -0.980. The van der Waals surface area contributed by atoms with Gasteiger partial charge in [-0.05, 0) is 55.5 Å². The molecular formula is C25H25ClN2O6S. The third kappa shape index (κ3) is 5.01. The normalized spacial score (nSPS) is 16.0. The predicted octanol–water partition coefficient (Wildman–Crippen LogP) is 4.19. The number of para-hydroxylation sites is 1. The molecule has 1 aliphatic heterocycles. The van der Waals surface area contributed by atoms with Crippen molar-refractivity contribution in [3.8, 4) is 17.2 Å². The van der Waals surface area contributed by atoms with E-state index in [2.05, 4.69) is 5.32 Å². The maximum Gasteiger partial charge on any atom is 0.264 e. The van der Waals surface area contributed by atoms with Gasteiger partial charge in [0.15, 0.2) is 6.10 Å². The molecule has 0 fully saturated rings. The summed E-state index contributed by atoms with van der Waals surface area (Å²) in [6.07, 6.45) is -1.09. The second-order valence-electron chi connectivity index (χ2n) is 7.90. The Kier molecular flexibility index (Phi) is 7.09. The first-order valence-corrected chi connectivity index (χ1v) is 12.6. The van der Waals surface area contributed by atoms with Crippen molar-refractivity contribution in [2.75, 3.05) is 25.1 Å². The number of hydrogen-bond donors (Lipinski definition) is 1. The minimum atomic E-state index is -4.04. The first-order valence-electron chi connectivity index (χ1n) is 10.8. The highest BCUT2D eigenvalue weighted by Gasteiger charge is 2.38. The van der Waals surface area contributed by atoms with Gasteiger partial charge in [-0.2, -0.15) is 0 Å². The number of carbonyl (C=O) groups excluding carboxylic acids is 1. The molecule has 3 aromatic carbocycles. The number of nitrogens with one attached hydrogen (secondary N) is 1. The molecule has 0 saturated heterocycles. The highest BCUT2D eigenvalue weighted by atomic mass is 35.5. The SMILES string of the molecule is COc1ccc(S(=O)(=O)N2CC(C(=O)NC(C)c3ccccc3OC)Oc3ccc(Cl)cc32)cc1. The van der Waals surface area contributed by atoms with Gasteiger partial charge in [-0.15, -0.1) is 0 Å². The third-order valence-electron chi connectivity index (χ3n) is 5.69. The number of benzene rings is 3. The van der Waals surface area contributed by atoms with Crippen LogP contribution in [-0.2, 0) is 14.8 Å². The van der Waals surface area contributed by atoms with E-state index in [1.165, 1.54) is 25.3 Å². The molecule has 0 spiro atoms. The van der Waals surface area contributed by atoms with Crippen molar-refractivity contribution in [3.05, 3.63) is 77.3 Å². The number of ether oxygens (including phenoxy) is 3. The van der Waals surface area contributed by atoms with Gasteiger partial charge in [0, 0.05) is 10.6 Å². The molecule has 1 heterocycles. The number of hydrogen-bond acceptors (Lipinski definition) is 6. The topological polar surface area (TPSA) is 94.2 Å². The molecule has 8 nitrogen and oxygen atoms in total. The Morgan fingerprint density at radius 2 is 1.80 bits per heavy atom. The number of carbonyl (C=O) groups is 1. The van der Waals surface area contributed by atoms with E-state index >= 15 is 0 Å². The molecule has 1 aliphatic rings. The monoisotopic (exact) mass is 516 g/mol. The quantitative estimate of drug-likeness (QED) is 0.506. The summed E-state index contributed by atoms with van der Waals surface area (Å²) in [6, 6.07) is 17.6. The lowest BCUT2D eigenvalue weighted by Crippen LogP contribution is -2.51. The summed E-state index contributed by atoms with van der Waals surface area (Å²) < 4.78 is 44.8. The molecule has 0 radical (unpaired) electrons. The average molecular weight is 517 g/mol. The summed E-state index contributed by atoms with van der Waals surface area (Å²) in [5.41, 5.74) is 1.05. The van der Waals surface area contributed by atoms with Crippen molar-refractivity contribution in [3.63, 3.8) is 0 Å². The molecule has 1 N–H and O–H groups in total. The van der Waals surface area contributed by atoms with Crippen LogP contribution >= 0.6 is 11.6 Å². The van der Waals surface area contributed by atoms with Crippen LogP contribution in [0.3, 0.4) is 0 Å². The van der Waals surface area contributed by atoms with E-state index in [1.807, 2.05) is 25.1 Å². The molecule has 1 amide bonds. The summed E-state index contributed by atoms with van der Waals surface area (Å²) in [5, 5.41) is 3.24. The number of anilines is 1. The van der Waals surface area contributed by atoms with Crippen LogP contribution in [0.5, 0.6) is 17.2 Å². The molecule has 0 saturated carbocycles. The van der Waals surface area contributed by atoms with Gasteiger partial charge in [0.1, 0.15) is 17.2 Å². The van der Waals surface area contributed by atoms with Gasteiger partial charge in [0.05, 0.1) is 37.4 Å². The van der Waals surface area contributed by atoms with Gasteiger partial charge in [-0.1, -0.05) is 29.8 Å². The average Bonchev–Trinajstić information content (AvgIpc) is 2.87. The van der Waals surface area contributed by atoms with Crippen molar-refractivity contribution in [2.45, 2.75) is 24.0 Å². The standard InChI is InChI=1S/C25H25ClN2O6S/c1-16(20-6-4-5-7-22(20)33-3)27-25(29)24-15-28(21-14-17(26)8-13-23(21)34-24)35(30,31)19-11-9-18(32-2)10-12-19/h4-14,16,24H,15H2,1-3H3,(H,27,29). The maximum atomic E-state index is 13.6. The molecule has 4 rings (SSSR count). The number of fused-ring (bicyclic) bond motifs is 1. The zero-order chi connectivity index (χ0) is 25.2. The first kappa shape index (κ1) is 24.7. The van der Waals surface area contributed by atoms with Crippen LogP contribution in [0.25, 0.3) is 0 Å². The van der Waals surface area contributed by atoms with Crippen LogP contribution in [0, 0.1) is 0 Å². The lowest BCUT2D eigenvalue weighted by molar-refractivity contribution is -0.128. The number of sulfonamides is 1. The number of methoxy groups -OCH3 is 2. The highest BCUT2D eigenvalue weighted by molar-refractivity contribution is 7.92. The van der Waals surface area contributed by atoms with Gasteiger partial charge in [-0.25, -0.2) is 8.42 Å². The Hall–Kier alpha value is -3.43. The molecular weight excluding hydrogens is 492 g/mol. The van der Waals surface area contributed by atoms with E-state index in [0.29, 0.717) is 16.5 Å². The fraction of sp³-hybridized carbons (Fsp3) is 0.240. The Balaban J connectivity index is 1.64. The Labute approximate surface area is 209 Å². The van der Waals surface area contributed by atoms with Crippen molar-refractivity contribution in [2.24, 2.45) is 0 Å². The molecule has 2 unspecified atom stereocenters. The lowest BCUT2D eigenvalue weighted by Gasteiger charge is -2.35. The molecule has 0 aromatic heterocycles. The second-order valence-corrected chi connectivity index (χ2v) is 10.2. The van der Waals surface area contributed by atoms with E-state index in [4.69, 9.17) is 25.8 Å². The summed E-state index contributed by atoms with van der Waals surface area (Å²) in [6.45, 7) is 1.59. The van der Waals surface area contributed by atoms with Crippen molar-refractivity contribution in [1.82, 2.24) is 5.32 Å². The van der Waals surface area contributed by atoms with Gasteiger partial charge in [-0.3, -0.25) is 9.10 Å². The summed E-state index contributed by atoms with van der Waals surface area (Å²) in [5.74, 6) is 0.937. The molecule has 0 bridgehead atoms. The van der Waals surface area contributed by atoms with E-state index in [-0.39, 0.29) is 22.9 Å². The molecule has 2 atom stereocenters. The molecule has 0 aliphatic carbocycles. The highest BCUT2D eigenvalue weighted by Crippen LogP contribution is 2.39. The number of rotatable bonds is 7. The second kappa shape index (κ2) is 10.1. The Bertz CT molecular complexity index is 1330. The smallest absolute Gasteiger partial charge is 0.264 e. The third-order valence-corrected chi connectivity index (χ3v) is 7.72. The molecule has 35 heavy (non-hydrogen) atoms. The summed E-state index contributed by atoms with van der Waals surface area (Å²) in [4.78, 5) is 13.3. The van der Waals surface area contributed by atoms with Gasteiger partial charge >= 0.3 is 0 Å². The van der Waals surface area contributed by atoms with E-state index in [1.54, 1.807) is 37.4 Å². The van der Waals surface area contributed by atoms with Crippen LogP contribution in [0.2, 0.25) is 5.02 Å². The largest absolute Gasteiger partial charge is 0.497 e. The minimum absolute atomic E-state index is 0.0488.